The average Bonchev–Trinajstić information content (AvgIpc) is 2.63. The highest BCUT2D eigenvalue weighted by atomic mass is 14.8. The highest BCUT2D eigenvalue weighted by molar-refractivity contribution is 6.40. The van der Waals surface area contributed by atoms with Gasteiger partial charge in [-0.3, -0.25) is 9.98 Å². The Kier molecular flexibility index (Phi) is 4.72. The second-order valence-corrected chi connectivity index (χ2v) is 12.8. The van der Waals surface area contributed by atoms with Crippen LogP contribution in [0, 0.1) is 45.3 Å². The summed E-state index contributed by atoms with van der Waals surface area (Å²) in [7, 11) is 0. The summed E-state index contributed by atoms with van der Waals surface area (Å²) in [4.78, 5) is 10.2. The van der Waals surface area contributed by atoms with Crippen LogP contribution in [0.1, 0.15) is 93.9 Å². The highest BCUT2D eigenvalue weighted by Crippen LogP contribution is 2.66. The number of fused-ring (bicyclic) bond motifs is 4. The molecule has 0 aromatic carbocycles. The molecule has 6 aliphatic rings. The van der Waals surface area contributed by atoms with Crippen LogP contribution in [0.3, 0.4) is 0 Å². The molecule has 6 atom stereocenters. The fourth-order valence-corrected chi connectivity index (χ4v) is 7.94. The van der Waals surface area contributed by atoms with Gasteiger partial charge in [-0.1, -0.05) is 41.5 Å². The first-order valence-electron chi connectivity index (χ1n) is 11.9. The van der Waals surface area contributed by atoms with Crippen LogP contribution < -0.4 is 0 Å². The molecule has 0 aromatic rings. The summed E-state index contributed by atoms with van der Waals surface area (Å²) in [5.74, 6) is 3.63. The van der Waals surface area contributed by atoms with Crippen LogP contribution in [0.15, 0.2) is 9.98 Å². The van der Waals surface area contributed by atoms with Crippen molar-refractivity contribution in [3.05, 3.63) is 0 Å². The summed E-state index contributed by atoms with van der Waals surface area (Å²) in [5, 5.41) is 0. The third kappa shape index (κ3) is 2.95. The molecule has 6 saturated carbocycles. The molecule has 2 nitrogen and oxygen atoms in total. The lowest BCUT2D eigenvalue weighted by Gasteiger charge is -2.64. The molecule has 6 rings (SSSR count). The van der Waals surface area contributed by atoms with Crippen molar-refractivity contribution in [2.24, 2.45) is 55.3 Å². The smallest absolute Gasteiger partial charge is 0.0524 e. The van der Waals surface area contributed by atoms with E-state index in [1.807, 2.05) is 0 Å². The molecule has 158 valence electrons. The van der Waals surface area contributed by atoms with Crippen molar-refractivity contribution in [2.45, 2.75) is 93.9 Å². The molecule has 2 unspecified atom stereocenters. The molecular weight excluding hydrogens is 340 g/mol. The van der Waals surface area contributed by atoms with Gasteiger partial charge in [0.15, 0.2) is 0 Å². The fourth-order valence-electron chi connectivity index (χ4n) is 7.94. The van der Waals surface area contributed by atoms with E-state index in [1.165, 1.54) is 49.9 Å². The molecule has 6 aliphatic carbocycles. The van der Waals surface area contributed by atoms with Gasteiger partial charge in [0.05, 0.1) is 11.4 Å². The van der Waals surface area contributed by atoms with Crippen molar-refractivity contribution in [1.29, 1.82) is 0 Å². The minimum absolute atomic E-state index is 0.389. The van der Waals surface area contributed by atoms with E-state index in [0.29, 0.717) is 21.7 Å². The van der Waals surface area contributed by atoms with Gasteiger partial charge < -0.3 is 0 Å². The van der Waals surface area contributed by atoms with Gasteiger partial charge in [-0.15, -0.1) is 0 Å². The zero-order valence-corrected chi connectivity index (χ0v) is 19.9. The second kappa shape index (κ2) is 6.42. The Balaban J connectivity index is 1.40. The van der Waals surface area contributed by atoms with Gasteiger partial charge in [0.2, 0.25) is 0 Å². The van der Waals surface area contributed by atoms with Crippen LogP contribution in [-0.4, -0.2) is 24.5 Å². The van der Waals surface area contributed by atoms with E-state index in [1.54, 1.807) is 0 Å². The predicted octanol–water partition coefficient (Wildman–Crippen LogP) is 6.83. The summed E-state index contributed by atoms with van der Waals surface area (Å²) >= 11 is 0. The summed E-state index contributed by atoms with van der Waals surface area (Å²) < 4.78 is 0. The van der Waals surface area contributed by atoms with Crippen molar-refractivity contribution >= 4 is 11.4 Å². The molecule has 28 heavy (non-hydrogen) atoms. The molecule has 0 amide bonds. The largest absolute Gasteiger partial charge is 0.288 e. The molecule has 0 aromatic heterocycles. The van der Waals surface area contributed by atoms with Gasteiger partial charge in [0.25, 0.3) is 0 Å². The van der Waals surface area contributed by atoms with E-state index in [0.717, 1.165) is 36.8 Å². The minimum atomic E-state index is 0.389. The van der Waals surface area contributed by atoms with Crippen LogP contribution in [-0.2, 0) is 0 Å². The van der Waals surface area contributed by atoms with Crippen molar-refractivity contribution in [1.82, 2.24) is 0 Å². The summed E-state index contributed by atoms with van der Waals surface area (Å²) in [5.41, 5.74) is 4.18. The zero-order valence-electron chi connectivity index (χ0n) is 19.9. The van der Waals surface area contributed by atoms with Gasteiger partial charge in [-0.2, -0.15) is 0 Å². The molecule has 2 heteroatoms. The summed E-state index contributed by atoms with van der Waals surface area (Å²) in [6, 6.07) is 0. The van der Waals surface area contributed by atoms with Gasteiger partial charge in [-0.25, -0.2) is 0 Å². The first-order valence-corrected chi connectivity index (χ1v) is 11.9. The van der Waals surface area contributed by atoms with Crippen LogP contribution in [0.5, 0.6) is 0 Å². The third-order valence-corrected chi connectivity index (χ3v) is 10.6. The lowest BCUT2D eigenvalue weighted by molar-refractivity contribution is -0.145. The van der Waals surface area contributed by atoms with Crippen molar-refractivity contribution in [3.63, 3.8) is 0 Å². The van der Waals surface area contributed by atoms with Crippen molar-refractivity contribution in [2.75, 3.05) is 13.1 Å². The molecule has 0 aliphatic heterocycles. The van der Waals surface area contributed by atoms with Gasteiger partial charge >= 0.3 is 0 Å². The maximum absolute atomic E-state index is 5.09. The van der Waals surface area contributed by atoms with E-state index in [9.17, 15) is 0 Å². The Hall–Kier alpha value is -0.660. The SMILES string of the molecule is CC(=NC[C@]1(C)CCC2C[C@@H]1C2(C)C)C(C)=NC[C@@]1(C)CCC2C[C@H]1C2(C)C. The number of rotatable bonds is 5. The monoisotopic (exact) mass is 384 g/mol. The Morgan fingerprint density at radius 3 is 1.32 bits per heavy atom. The van der Waals surface area contributed by atoms with Gasteiger partial charge in [0, 0.05) is 13.1 Å². The maximum atomic E-state index is 5.09. The normalized spacial score (nSPS) is 46.6. The second-order valence-electron chi connectivity index (χ2n) is 12.8. The minimum Gasteiger partial charge on any atom is -0.288 e. The summed E-state index contributed by atoms with van der Waals surface area (Å²) in [6.45, 7) is 21.3. The number of hydrogen-bond donors (Lipinski definition) is 0. The Morgan fingerprint density at radius 1 is 0.679 bits per heavy atom. The average molecular weight is 385 g/mol. The molecular formula is C26H44N2. The Morgan fingerprint density at radius 2 is 1.04 bits per heavy atom. The summed E-state index contributed by atoms with van der Waals surface area (Å²) in [6.07, 6.45) is 8.38. The Bertz CT molecular complexity index is 635. The predicted molar refractivity (Wildman–Crippen MR) is 121 cm³/mol. The lowest BCUT2D eigenvalue weighted by atomic mass is 9.41. The van der Waals surface area contributed by atoms with Crippen molar-refractivity contribution in [3.8, 4) is 0 Å². The quantitative estimate of drug-likeness (QED) is 0.464. The zero-order chi connectivity index (χ0) is 20.5. The van der Waals surface area contributed by atoms with Crippen LogP contribution >= 0.6 is 0 Å². The first kappa shape index (κ1) is 20.6. The van der Waals surface area contributed by atoms with E-state index in [4.69, 9.17) is 9.98 Å². The molecule has 0 heterocycles. The number of aliphatic imine (C=N–C) groups is 2. The molecule has 0 radical (unpaired) electrons. The highest BCUT2D eigenvalue weighted by Gasteiger charge is 2.59. The molecule has 0 saturated heterocycles. The molecule has 6 fully saturated rings. The standard InChI is InChI=1S/C26H44N2/c1-17(27-15-25(7)11-9-19-13-21(25)23(19,3)4)18(2)28-16-26(8)12-10-20-14-22(26)24(20,5)6/h19-22H,9-16H2,1-8H3/t19?,20?,21-,22+,25+,26-. The third-order valence-electron chi connectivity index (χ3n) is 10.6. The van der Waals surface area contributed by atoms with E-state index < -0.39 is 0 Å². The fraction of sp³-hybridized carbons (Fsp3) is 0.923. The van der Waals surface area contributed by atoms with Crippen molar-refractivity contribution < 1.29 is 0 Å². The molecule has 0 spiro atoms. The maximum Gasteiger partial charge on any atom is 0.0524 e. The van der Waals surface area contributed by atoms with E-state index in [2.05, 4.69) is 55.4 Å². The number of nitrogens with zero attached hydrogens (tertiary/aromatic N) is 2. The topological polar surface area (TPSA) is 24.7 Å². The van der Waals surface area contributed by atoms with Crippen LogP contribution in [0.25, 0.3) is 0 Å². The van der Waals surface area contributed by atoms with E-state index >= 15 is 0 Å². The molecule has 0 N–H and O–H groups in total. The Labute approximate surface area is 174 Å². The van der Waals surface area contributed by atoms with Gasteiger partial charge in [0.1, 0.15) is 0 Å². The number of hydrogen-bond acceptors (Lipinski definition) is 2. The van der Waals surface area contributed by atoms with Crippen LogP contribution in [0.4, 0.5) is 0 Å². The lowest BCUT2D eigenvalue weighted by Crippen LogP contribution is -2.58. The van der Waals surface area contributed by atoms with E-state index in [-0.39, 0.29) is 0 Å². The molecule has 4 bridgehead atoms. The van der Waals surface area contributed by atoms with Gasteiger partial charge in [-0.05, 0) is 97.7 Å². The van der Waals surface area contributed by atoms with Crippen LogP contribution in [0.2, 0.25) is 0 Å². The first-order chi connectivity index (χ1) is 12.9.